The van der Waals surface area contributed by atoms with Crippen molar-refractivity contribution < 1.29 is 14.7 Å². The minimum Gasteiger partial charge on any atom is -0.479 e. The largest absolute Gasteiger partial charge is 0.479 e. The summed E-state index contributed by atoms with van der Waals surface area (Å²) in [5, 5.41) is 9.48. The fourth-order valence-corrected chi connectivity index (χ4v) is 3.18. The Balaban J connectivity index is 2.74. The summed E-state index contributed by atoms with van der Waals surface area (Å²) in [5.41, 5.74) is 5.09. The Morgan fingerprint density at radius 3 is 2.45 bits per heavy atom. The number of carbonyl (C=O) groups is 2. The molecule has 0 aliphatic carbocycles. The first-order chi connectivity index (χ1) is 9.12. The van der Waals surface area contributed by atoms with Gasteiger partial charge in [0, 0.05) is 19.0 Å². The molecule has 3 N–H and O–H groups in total. The maximum absolute atomic E-state index is 12.4. The lowest BCUT2D eigenvalue weighted by Gasteiger charge is -2.35. The summed E-state index contributed by atoms with van der Waals surface area (Å²) in [7, 11) is 0. The van der Waals surface area contributed by atoms with Crippen LogP contribution in [0.5, 0.6) is 0 Å². The first-order valence-electron chi connectivity index (χ1n) is 7.42. The number of carbonyl (C=O) groups excluding carboxylic acids is 1. The molecule has 1 rings (SSSR count). The van der Waals surface area contributed by atoms with Crippen LogP contribution < -0.4 is 5.73 Å². The zero-order valence-electron chi connectivity index (χ0n) is 13.1. The first kappa shape index (κ1) is 17.0. The van der Waals surface area contributed by atoms with Crippen molar-refractivity contribution in [2.75, 3.05) is 6.54 Å². The number of nitrogens with two attached hydrogens (primary N) is 1. The number of carboxylic acids is 1. The van der Waals surface area contributed by atoms with E-state index in [-0.39, 0.29) is 23.8 Å². The molecule has 1 saturated heterocycles. The van der Waals surface area contributed by atoms with Gasteiger partial charge in [0.05, 0.1) is 0 Å². The number of nitrogens with zero attached hydrogens (tertiary/aromatic N) is 1. The molecule has 1 fully saturated rings. The van der Waals surface area contributed by atoms with Crippen molar-refractivity contribution in [3.8, 4) is 0 Å². The summed E-state index contributed by atoms with van der Waals surface area (Å²) in [6.07, 6.45) is 2.72. The standard InChI is InChI=1S/C15H28N2O3/c1-5-15(13(19)20)7-6-8-17(15)12(18)9-11(16)10-14(2,3)4/h11H,5-10,16H2,1-4H3,(H,19,20). The number of hydrogen-bond acceptors (Lipinski definition) is 3. The molecule has 1 aliphatic rings. The van der Waals surface area contributed by atoms with E-state index in [1.54, 1.807) is 0 Å². The molecule has 20 heavy (non-hydrogen) atoms. The molecule has 5 heteroatoms. The van der Waals surface area contributed by atoms with E-state index in [9.17, 15) is 14.7 Å². The van der Waals surface area contributed by atoms with E-state index in [0.717, 1.165) is 12.8 Å². The maximum Gasteiger partial charge on any atom is 0.329 e. The average Bonchev–Trinajstić information content (AvgIpc) is 2.70. The Morgan fingerprint density at radius 2 is 2.00 bits per heavy atom. The van der Waals surface area contributed by atoms with Gasteiger partial charge in [0.1, 0.15) is 5.54 Å². The monoisotopic (exact) mass is 284 g/mol. The lowest BCUT2D eigenvalue weighted by atomic mass is 9.87. The average molecular weight is 284 g/mol. The molecule has 0 aromatic rings. The smallest absolute Gasteiger partial charge is 0.329 e. The zero-order chi connectivity index (χ0) is 15.6. The van der Waals surface area contributed by atoms with E-state index in [1.165, 1.54) is 4.90 Å². The topological polar surface area (TPSA) is 83.6 Å². The summed E-state index contributed by atoms with van der Waals surface area (Å²) < 4.78 is 0. The third kappa shape index (κ3) is 3.72. The number of aliphatic carboxylic acids is 1. The Hall–Kier alpha value is -1.10. The van der Waals surface area contributed by atoms with Gasteiger partial charge in [-0.25, -0.2) is 4.79 Å². The Kier molecular flexibility index (Phi) is 5.19. The highest BCUT2D eigenvalue weighted by atomic mass is 16.4. The third-order valence-electron chi connectivity index (χ3n) is 4.08. The van der Waals surface area contributed by atoms with Crippen LogP contribution in [0.4, 0.5) is 0 Å². The van der Waals surface area contributed by atoms with Crippen LogP contribution in [0, 0.1) is 5.41 Å². The summed E-state index contributed by atoms with van der Waals surface area (Å²) >= 11 is 0. The third-order valence-corrected chi connectivity index (χ3v) is 4.08. The molecule has 0 aromatic carbocycles. The van der Waals surface area contributed by atoms with Crippen LogP contribution in [0.1, 0.15) is 59.8 Å². The summed E-state index contributed by atoms with van der Waals surface area (Å²) in [5.74, 6) is -1.02. The van der Waals surface area contributed by atoms with Crippen molar-refractivity contribution in [1.82, 2.24) is 4.90 Å². The van der Waals surface area contributed by atoms with E-state index in [4.69, 9.17) is 5.73 Å². The van der Waals surface area contributed by atoms with Gasteiger partial charge in [0.15, 0.2) is 0 Å². The predicted octanol–water partition coefficient (Wildman–Crippen LogP) is 2.00. The fraction of sp³-hybridized carbons (Fsp3) is 0.867. The van der Waals surface area contributed by atoms with Crippen LogP contribution in [0.25, 0.3) is 0 Å². The zero-order valence-corrected chi connectivity index (χ0v) is 13.1. The molecule has 116 valence electrons. The second-order valence-electron chi connectivity index (χ2n) is 7.07. The van der Waals surface area contributed by atoms with Crippen LogP contribution in [0.15, 0.2) is 0 Å². The van der Waals surface area contributed by atoms with Gasteiger partial charge in [-0.15, -0.1) is 0 Å². The van der Waals surface area contributed by atoms with Gasteiger partial charge >= 0.3 is 5.97 Å². The lowest BCUT2D eigenvalue weighted by Crippen LogP contribution is -2.53. The Morgan fingerprint density at radius 1 is 1.40 bits per heavy atom. The van der Waals surface area contributed by atoms with E-state index in [1.807, 2.05) is 6.92 Å². The maximum atomic E-state index is 12.4. The molecular weight excluding hydrogens is 256 g/mol. The highest BCUT2D eigenvalue weighted by molar-refractivity contribution is 5.88. The number of likely N-dealkylation sites (tertiary alicyclic amines) is 1. The summed E-state index contributed by atoms with van der Waals surface area (Å²) in [6, 6.07) is -0.216. The normalized spacial score (nSPS) is 24.8. The van der Waals surface area contributed by atoms with E-state index in [2.05, 4.69) is 20.8 Å². The van der Waals surface area contributed by atoms with Crippen molar-refractivity contribution in [3.05, 3.63) is 0 Å². The number of hydrogen-bond donors (Lipinski definition) is 2. The van der Waals surface area contributed by atoms with Crippen molar-refractivity contribution in [1.29, 1.82) is 0 Å². The molecule has 1 aliphatic heterocycles. The predicted molar refractivity (Wildman–Crippen MR) is 78.3 cm³/mol. The quantitative estimate of drug-likeness (QED) is 0.808. The Labute approximate surface area is 121 Å². The molecule has 2 unspecified atom stereocenters. The molecule has 0 aromatic heterocycles. The van der Waals surface area contributed by atoms with Crippen LogP contribution in [0.2, 0.25) is 0 Å². The molecular formula is C15H28N2O3. The van der Waals surface area contributed by atoms with Crippen molar-refractivity contribution >= 4 is 11.9 Å². The summed E-state index contributed by atoms with van der Waals surface area (Å²) in [6.45, 7) is 8.61. The molecule has 0 saturated carbocycles. The van der Waals surface area contributed by atoms with Gasteiger partial charge < -0.3 is 15.7 Å². The second kappa shape index (κ2) is 6.12. The highest BCUT2D eigenvalue weighted by Gasteiger charge is 2.48. The fourth-order valence-electron chi connectivity index (χ4n) is 3.18. The molecule has 0 spiro atoms. The first-order valence-corrected chi connectivity index (χ1v) is 7.42. The van der Waals surface area contributed by atoms with E-state index >= 15 is 0 Å². The van der Waals surface area contributed by atoms with Gasteiger partial charge in [0.25, 0.3) is 0 Å². The highest BCUT2D eigenvalue weighted by Crippen LogP contribution is 2.33. The summed E-state index contributed by atoms with van der Waals surface area (Å²) in [4.78, 5) is 25.5. The molecule has 0 bridgehead atoms. The van der Waals surface area contributed by atoms with Gasteiger partial charge in [-0.1, -0.05) is 27.7 Å². The van der Waals surface area contributed by atoms with Gasteiger partial charge in [0.2, 0.25) is 5.91 Å². The van der Waals surface area contributed by atoms with Gasteiger partial charge in [-0.05, 0) is 31.1 Å². The molecule has 1 heterocycles. The number of carboxylic acid groups (broad SMARTS) is 1. The van der Waals surface area contributed by atoms with E-state index < -0.39 is 11.5 Å². The Bertz CT molecular complexity index is 376. The van der Waals surface area contributed by atoms with Crippen LogP contribution >= 0.6 is 0 Å². The van der Waals surface area contributed by atoms with Crippen molar-refractivity contribution in [2.24, 2.45) is 11.1 Å². The van der Waals surface area contributed by atoms with Gasteiger partial charge in [-0.3, -0.25) is 4.79 Å². The molecule has 2 atom stereocenters. The molecule has 5 nitrogen and oxygen atoms in total. The van der Waals surface area contributed by atoms with Crippen molar-refractivity contribution in [3.63, 3.8) is 0 Å². The number of rotatable bonds is 5. The van der Waals surface area contributed by atoms with Crippen molar-refractivity contribution in [2.45, 2.75) is 71.4 Å². The molecule has 0 radical (unpaired) electrons. The minimum atomic E-state index is -1.02. The van der Waals surface area contributed by atoms with E-state index in [0.29, 0.717) is 19.4 Å². The SMILES string of the molecule is CCC1(C(=O)O)CCCN1C(=O)CC(N)CC(C)(C)C. The van der Waals surface area contributed by atoms with Gasteiger partial charge in [-0.2, -0.15) is 0 Å². The minimum absolute atomic E-state index is 0.0688. The lowest BCUT2D eigenvalue weighted by molar-refractivity contribution is -0.157. The van der Waals surface area contributed by atoms with Crippen LogP contribution in [-0.4, -0.2) is 40.0 Å². The number of amides is 1. The molecule has 1 amide bonds. The van der Waals surface area contributed by atoms with Crippen LogP contribution in [-0.2, 0) is 9.59 Å². The van der Waals surface area contributed by atoms with Crippen LogP contribution in [0.3, 0.4) is 0 Å². The second-order valence-corrected chi connectivity index (χ2v) is 7.07.